The van der Waals surface area contributed by atoms with Gasteiger partial charge >= 0.3 is 23.8 Å². The zero-order valence-electron chi connectivity index (χ0n) is 17.4. The van der Waals surface area contributed by atoms with Gasteiger partial charge in [0.25, 0.3) is 0 Å². The molecule has 0 atom stereocenters. The van der Waals surface area contributed by atoms with Crippen LogP contribution in [0, 0.1) is 23.4 Å². The summed E-state index contributed by atoms with van der Waals surface area (Å²) >= 11 is 0. The molecule has 2 aromatic heterocycles. The molecule has 3 aromatic rings. The predicted molar refractivity (Wildman–Crippen MR) is 110 cm³/mol. The highest BCUT2D eigenvalue weighted by atomic mass is 19.2. The summed E-state index contributed by atoms with van der Waals surface area (Å²) < 4.78 is 50.9. The van der Waals surface area contributed by atoms with Crippen molar-refractivity contribution in [1.29, 1.82) is 0 Å². The molecule has 0 saturated heterocycles. The van der Waals surface area contributed by atoms with Gasteiger partial charge in [-0.1, -0.05) is 5.10 Å². The number of hydrogen-bond acceptors (Lipinski definition) is 8. The lowest BCUT2D eigenvalue weighted by atomic mass is 9.87. The van der Waals surface area contributed by atoms with Crippen LogP contribution in [0.2, 0.25) is 0 Å². The van der Waals surface area contributed by atoms with Gasteiger partial charge in [-0.15, -0.1) is 5.10 Å². The lowest BCUT2D eigenvalue weighted by molar-refractivity contribution is -0.143. The van der Waals surface area contributed by atoms with Crippen LogP contribution in [0.1, 0.15) is 36.4 Å². The fraction of sp³-hybridized carbons (Fsp3) is 0.286. The van der Waals surface area contributed by atoms with Crippen molar-refractivity contribution in [2.75, 3.05) is 10.6 Å². The van der Waals surface area contributed by atoms with Crippen LogP contribution in [0.4, 0.5) is 30.6 Å². The molecule has 4 rings (SSSR count). The minimum Gasteiger partial charge on any atom is -0.481 e. The SMILES string of the molecule is O=C(Nc1ccc(OC2CCC(C(=O)O)CC2)nc1)c1nnc(Nc2cc(F)c(F)cc2F)o1. The van der Waals surface area contributed by atoms with E-state index in [1.165, 1.54) is 12.3 Å². The van der Waals surface area contributed by atoms with Crippen LogP contribution in [-0.4, -0.2) is 38.3 Å². The van der Waals surface area contributed by atoms with E-state index in [0.717, 1.165) is 0 Å². The number of carboxylic acids is 1. The fourth-order valence-corrected chi connectivity index (χ4v) is 3.41. The molecule has 1 aliphatic rings. The van der Waals surface area contributed by atoms with Gasteiger partial charge in [0.15, 0.2) is 11.6 Å². The lowest BCUT2D eigenvalue weighted by Crippen LogP contribution is -2.28. The van der Waals surface area contributed by atoms with Gasteiger partial charge in [-0.25, -0.2) is 18.2 Å². The Kier molecular flexibility index (Phi) is 6.61. The standard InChI is InChI=1S/C21H18F3N5O5/c22-13-7-15(24)16(8-14(13)23)27-21-29-28-19(34-21)18(30)26-11-3-6-17(25-9-11)33-12-4-1-10(2-5-12)20(31)32/h3,6-10,12H,1-2,4-5H2,(H,26,30)(H,27,29)(H,31,32). The first-order valence-corrected chi connectivity index (χ1v) is 10.2. The Balaban J connectivity index is 1.32. The lowest BCUT2D eigenvalue weighted by Gasteiger charge is -2.26. The van der Waals surface area contributed by atoms with E-state index in [0.29, 0.717) is 49.4 Å². The number of carbonyl (C=O) groups is 2. The van der Waals surface area contributed by atoms with Crippen LogP contribution in [-0.2, 0) is 4.79 Å². The van der Waals surface area contributed by atoms with Gasteiger partial charge < -0.3 is 24.9 Å². The molecule has 1 fully saturated rings. The zero-order valence-corrected chi connectivity index (χ0v) is 17.4. The van der Waals surface area contributed by atoms with E-state index in [1.807, 2.05) is 0 Å². The van der Waals surface area contributed by atoms with Crippen molar-refractivity contribution < 1.29 is 37.0 Å². The van der Waals surface area contributed by atoms with Crippen LogP contribution < -0.4 is 15.4 Å². The Labute approximate surface area is 190 Å². The molecule has 0 unspecified atom stereocenters. The Morgan fingerprint density at radius 1 is 1.03 bits per heavy atom. The van der Waals surface area contributed by atoms with Crippen molar-refractivity contribution in [1.82, 2.24) is 15.2 Å². The number of halogens is 3. The van der Waals surface area contributed by atoms with Crippen molar-refractivity contribution in [2.24, 2.45) is 5.92 Å². The third kappa shape index (κ3) is 5.42. The molecule has 1 aromatic carbocycles. The molecule has 0 radical (unpaired) electrons. The molecule has 10 nitrogen and oxygen atoms in total. The van der Waals surface area contributed by atoms with Crippen LogP contribution in [0.15, 0.2) is 34.9 Å². The molecule has 0 bridgehead atoms. The van der Waals surface area contributed by atoms with Crippen molar-refractivity contribution in [3.05, 3.63) is 53.8 Å². The van der Waals surface area contributed by atoms with E-state index < -0.39 is 46.9 Å². The number of anilines is 3. The van der Waals surface area contributed by atoms with Gasteiger partial charge in [0, 0.05) is 18.2 Å². The molecule has 178 valence electrons. The third-order valence-electron chi connectivity index (χ3n) is 5.18. The summed E-state index contributed by atoms with van der Waals surface area (Å²) in [5.74, 6) is -5.80. The fourth-order valence-electron chi connectivity index (χ4n) is 3.41. The first-order chi connectivity index (χ1) is 16.3. The van der Waals surface area contributed by atoms with Gasteiger partial charge in [-0.05, 0) is 31.7 Å². The summed E-state index contributed by atoms with van der Waals surface area (Å²) in [6.07, 6.45) is 3.52. The largest absolute Gasteiger partial charge is 0.481 e. The van der Waals surface area contributed by atoms with Gasteiger partial charge in [0.2, 0.25) is 5.88 Å². The molecular weight excluding hydrogens is 459 g/mol. The molecule has 13 heteroatoms. The minimum absolute atomic E-state index is 0.132. The van der Waals surface area contributed by atoms with Gasteiger partial charge in [-0.3, -0.25) is 9.59 Å². The smallest absolute Gasteiger partial charge is 0.320 e. The van der Waals surface area contributed by atoms with Crippen molar-refractivity contribution >= 4 is 29.3 Å². The number of aliphatic carboxylic acids is 1. The summed E-state index contributed by atoms with van der Waals surface area (Å²) in [5, 5.41) is 20.8. The Morgan fingerprint density at radius 3 is 2.44 bits per heavy atom. The van der Waals surface area contributed by atoms with Crippen molar-refractivity contribution in [3.63, 3.8) is 0 Å². The molecule has 1 amide bonds. The van der Waals surface area contributed by atoms with Gasteiger partial charge in [-0.2, -0.15) is 0 Å². The average Bonchev–Trinajstić information content (AvgIpc) is 3.28. The van der Waals surface area contributed by atoms with Crippen LogP contribution in [0.3, 0.4) is 0 Å². The first kappa shape index (κ1) is 23.0. The predicted octanol–water partition coefficient (Wildman–Crippen LogP) is 3.90. The number of pyridine rings is 1. The number of carbonyl (C=O) groups excluding carboxylic acids is 1. The second kappa shape index (κ2) is 9.77. The third-order valence-corrected chi connectivity index (χ3v) is 5.18. The van der Waals surface area contributed by atoms with E-state index in [9.17, 15) is 22.8 Å². The maximum absolute atomic E-state index is 13.7. The Bertz CT molecular complexity index is 1200. The number of nitrogens with one attached hydrogen (secondary N) is 2. The van der Waals surface area contributed by atoms with E-state index in [4.69, 9.17) is 14.3 Å². The van der Waals surface area contributed by atoms with E-state index >= 15 is 0 Å². The number of amides is 1. The average molecular weight is 477 g/mol. The van der Waals surface area contributed by atoms with E-state index in [1.54, 1.807) is 6.07 Å². The molecular formula is C21H18F3N5O5. The second-order valence-electron chi connectivity index (χ2n) is 7.55. The topological polar surface area (TPSA) is 139 Å². The number of benzene rings is 1. The van der Waals surface area contributed by atoms with Gasteiger partial charge in [0.1, 0.15) is 11.9 Å². The highest BCUT2D eigenvalue weighted by Gasteiger charge is 2.27. The van der Waals surface area contributed by atoms with Gasteiger partial charge in [0.05, 0.1) is 23.5 Å². The minimum atomic E-state index is -1.36. The number of ether oxygens (including phenoxy) is 1. The van der Waals surface area contributed by atoms with E-state index in [-0.39, 0.29) is 12.0 Å². The molecule has 34 heavy (non-hydrogen) atoms. The quantitative estimate of drug-likeness (QED) is 0.432. The molecule has 2 heterocycles. The first-order valence-electron chi connectivity index (χ1n) is 10.2. The number of carboxylic acid groups (broad SMARTS) is 1. The molecule has 1 aliphatic carbocycles. The molecule has 3 N–H and O–H groups in total. The van der Waals surface area contributed by atoms with Crippen molar-refractivity contribution in [3.8, 4) is 5.88 Å². The maximum atomic E-state index is 13.7. The Morgan fingerprint density at radius 2 is 1.76 bits per heavy atom. The monoisotopic (exact) mass is 477 g/mol. The van der Waals surface area contributed by atoms with Crippen LogP contribution >= 0.6 is 0 Å². The zero-order chi connectivity index (χ0) is 24.2. The number of hydrogen-bond donors (Lipinski definition) is 3. The molecule has 0 spiro atoms. The summed E-state index contributed by atoms with van der Waals surface area (Å²) in [5.41, 5.74) is -0.156. The Hall–Kier alpha value is -4.16. The number of nitrogens with zero attached hydrogens (tertiary/aromatic N) is 3. The van der Waals surface area contributed by atoms with Crippen LogP contribution in [0.5, 0.6) is 5.88 Å². The highest BCUT2D eigenvalue weighted by Crippen LogP contribution is 2.27. The highest BCUT2D eigenvalue weighted by molar-refractivity contribution is 6.00. The number of rotatable bonds is 7. The summed E-state index contributed by atoms with van der Waals surface area (Å²) in [6, 6.07) is 3.60. The number of aromatic nitrogens is 3. The molecule has 0 aliphatic heterocycles. The molecule has 1 saturated carbocycles. The normalized spacial score (nSPS) is 17.7. The summed E-state index contributed by atoms with van der Waals surface area (Å²) in [7, 11) is 0. The summed E-state index contributed by atoms with van der Waals surface area (Å²) in [6.45, 7) is 0. The summed E-state index contributed by atoms with van der Waals surface area (Å²) in [4.78, 5) is 27.4. The van der Waals surface area contributed by atoms with E-state index in [2.05, 4.69) is 25.8 Å². The second-order valence-corrected chi connectivity index (χ2v) is 7.55. The van der Waals surface area contributed by atoms with Crippen molar-refractivity contribution in [2.45, 2.75) is 31.8 Å². The van der Waals surface area contributed by atoms with Crippen LogP contribution in [0.25, 0.3) is 0 Å². The maximum Gasteiger partial charge on any atom is 0.320 e.